The summed E-state index contributed by atoms with van der Waals surface area (Å²) in [6.07, 6.45) is 0.152. The molecule has 5 heteroatoms. The van der Waals surface area contributed by atoms with Crippen LogP contribution in [0.25, 0.3) is 0 Å². The van der Waals surface area contributed by atoms with Gasteiger partial charge in [0.1, 0.15) is 11.6 Å². The second-order valence-electron chi connectivity index (χ2n) is 3.46. The Hall–Kier alpha value is -1.07. The van der Waals surface area contributed by atoms with E-state index in [1.807, 2.05) is 12.1 Å². The first-order chi connectivity index (χ1) is 8.04. The molecular formula is C12H7BrF2OS. The highest BCUT2D eigenvalue weighted by molar-refractivity contribution is 9.11. The molecule has 17 heavy (non-hydrogen) atoms. The second-order valence-corrected chi connectivity index (χ2v) is 6.01. The fraction of sp³-hybridized carbons (Fsp3) is 0.0833. The maximum atomic E-state index is 12.9. The molecule has 0 fully saturated rings. The molecular weight excluding hydrogens is 310 g/mol. The summed E-state index contributed by atoms with van der Waals surface area (Å²) in [5.41, 5.74) is 0.0621. The van der Waals surface area contributed by atoms with Crippen molar-refractivity contribution in [1.82, 2.24) is 0 Å². The van der Waals surface area contributed by atoms with Crippen LogP contribution in [-0.2, 0) is 6.42 Å². The van der Waals surface area contributed by atoms with Crippen molar-refractivity contribution in [3.63, 3.8) is 0 Å². The van der Waals surface area contributed by atoms with Crippen LogP contribution in [0.4, 0.5) is 8.78 Å². The van der Waals surface area contributed by atoms with E-state index in [0.717, 1.165) is 26.9 Å². The van der Waals surface area contributed by atoms with E-state index in [0.29, 0.717) is 0 Å². The fourth-order valence-electron chi connectivity index (χ4n) is 1.42. The lowest BCUT2D eigenvalue weighted by Crippen LogP contribution is -2.03. The molecule has 1 aromatic carbocycles. The summed E-state index contributed by atoms with van der Waals surface area (Å²) >= 11 is 4.72. The molecule has 0 spiro atoms. The monoisotopic (exact) mass is 316 g/mol. The first-order valence-corrected chi connectivity index (χ1v) is 6.39. The Labute approximate surface area is 109 Å². The highest BCUT2D eigenvalue weighted by atomic mass is 79.9. The molecule has 0 radical (unpaired) electrons. The van der Waals surface area contributed by atoms with Gasteiger partial charge in [-0.25, -0.2) is 8.78 Å². The Bertz CT molecular complexity index is 545. The molecule has 0 N–H and O–H groups in total. The van der Waals surface area contributed by atoms with Crippen LogP contribution < -0.4 is 0 Å². The van der Waals surface area contributed by atoms with E-state index in [1.165, 1.54) is 11.3 Å². The van der Waals surface area contributed by atoms with E-state index >= 15 is 0 Å². The lowest BCUT2D eigenvalue weighted by molar-refractivity contribution is 0.0993. The van der Waals surface area contributed by atoms with Crippen molar-refractivity contribution >= 4 is 33.0 Å². The van der Waals surface area contributed by atoms with E-state index in [1.54, 1.807) is 0 Å². The summed E-state index contributed by atoms with van der Waals surface area (Å²) in [7, 11) is 0. The zero-order chi connectivity index (χ0) is 12.4. The first-order valence-electron chi connectivity index (χ1n) is 4.78. The van der Waals surface area contributed by atoms with E-state index in [-0.39, 0.29) is 17.8 Å². The molecule has 0 unspecified atom stereocenters. The van der Waals surface area contributed by atoms with Crippen LogP contribution in [0.5, 0.6) is 0 Å². The Balaban J connectivity index is 2.19. The largest absolute Gasteiger partial charge is 0.294 e. The van der Waals surface area contributed by atoms with Crippen molar-refractivity contribution in [2.45, 2.75) is 6.42 Å². The lowest BCUT2D eigenvalue weighted by atomic mass is 10.1. The Morgan fingerprint density at radius 3 is 2.35 bits per heavy atom. The summed E-state index contributed by atoms with van der Waals surface area (Å²) < 4.78 is 26.8. The highest BCUT2D eigenvalue weighted by Gasteiger charge is 2.11. The minimum absolute atomic E-state index is 0.0621. The molecule has 2 aromatic rings. The topological polar surface area (TPSA) is 17.1 Å². The smallest absolute Gasteiger partial charge is 0.168 e. The molecule has 1 nitrogen and oxygen atoms in total. The molecule has 0 aliphatic heterocycles. The number of rotatable bonds is 3. The summed E-state index contributed by atoms with van der Waals surface area (Å²) in [5.74, 6) is -1.76. The quantitative estimate of drug-likeness (QED) is 0.775. The summed E-state index contributed by atoms with van der Waals surface area (Å²) in [5, 5.41) is 0. The zero-order valence-corrected chi connectivity index (χ0v) is 10.9. The molecule has 0 saturated carbocycles. The maximum absolute atomic E-state index is 12.9. The van der Waals surface area contributed by atoms with Crippen LogP contribution in [0.1, 0.15) is 15.2 Å². The summed E-state index contributed by atoms with van der Waals surface area (Å²) in [4.78, 5) is 12.6. The van der Waals surface area contributed by atoms with Crippen LogP contribution in [0.2, 0.25) is 0 Å². The van der Waals surface area contributed by atoms with Gasteiger partial charge in [-0.2, -0.15) is 0 Å². The van der Waals surface area contributed by atoms with Gasteiger partial charge < -0.3 is 0 Å². The van der Waals surface area contributed by atoms with Gasteiger partial charge in [0.15, 0.2) is 5.78 Å². The minimum atomic E-state index is -0.735. The standard InChI is InChI=1S/C12H7BrF2OS/c13-12-2-1-10(17-12)6-11(16)7-3-8(14)5-9(15)4-7/h1-5H,6H2. The van der Waals surface area contributed by atoms with Crippen LogP contribution in [0.15, 0.2) is 34.1 Å². The lowest BCUT2D eigenvalue weighted by Gasteiger charge is -2.00. The van der Waals surface area contributed by atoms with E-state index in [9.17, 15) is 13.6 Å². The third-order valence-corrected chi connectivity index (χ3v) is 3.77. The average Bonchev–Trinajstić information content (AvgIpc) is 2.62. The predicted molar refractivity (Wildman–Crippen MR) is 66.4 cm³/mol. The number of benzene rings is 1. The number of carbonyl (C=O) groups excluding carboxylic acids is 1. The molecule has 1 aromatic heterocycles. The molecule has 0 atom stereocenters. The van der Waals surface area contributed by atoms with Crippen LogP contribution in [0.3, 0.4) is 0 Å². The van der Waals surface area contributed by atoms with Gasteiger partial charge in [0, 0.05) is 22.9 Å². The van der Waals surface area contributed by atoms with Gasteiger partial charge in [-0.05, 0) is 40.2 Å². The number of halogens is 3. The highest BCUT2D eigenvalue weighted by Crippen LogP contribution is 2.23. The van der Waals surface area contributed by atoms with Crippen molar-refractivity contribution in [3.05, 3.63) is 56.2 Å². The van der Waals surface area contributed by atoms with Crippen molar-refractivity contribution in [2.24, 2.45) is 0 Å². The number of carbonyl (C=O) groups is 1. The van der Waals surface area contributed by atoms with Gasteiger partial charge in [0.2, 0.25) is 0 Å². The van der Waals surface area contributed by atoms with Crippen LogP contribution in [0, 0.1) is 11.6 Å². The molecule has 0 amide bonds. The van der Waals surface area contributed by atoms with Gasteiger partial charge in [-0.3, -0.25) is 4.79 Å². The van der Waals surface area contributed by atoms with Crippen LogP contribution >= 0.6 is 27.3 Å². The van der Waals surface area contributed by atoms with Crippen molar-refractivity contribution in [2.75, 3.05) is 0 Å². The number of hydrogen-bond donors (Lipinski definition) is 0. The number of hydrogen-bond acceptors (Lipinski definition) is 2. The molecule has 2 rings (SSSR count). The number of ketones is 1. The molecule has 0 aliphatic rings. The first kappa shape index (κ1) is 12.4. The number of Topliss-reactive ketones (excluding diaryl/α,β-unsaturated/α-hetero) is 1. The van der Waals surface area contributed by atoms with Gasteiger partial charge in [0.05, 0.1) is 3.79 Å². The third-order valence-electron chi connectivity index (χ3n) is 2.15. The van der Waals surface area contributed by atoms with Gasteiger partial charge in [0.25, 0.3) is 0 Å². The molecule has 88 valence electrons. The zero-order valence-electron chi connectivity index (χ0n) is 8.54. The van der Waals surface area contributed by atoms with E-state index in [2.05, 4.69) is 15.9 Å². The average molecular weight is 317 g/mol. The maximum Gasteiger partial charge on any atom is 0.168 e. The van der Waals surface area contributed by atoms with E-state index < -0.39 is 11.6 Å². The van der Waals surface area contributed by atoms with Crippen molar-refractivity contribution < 1.29 is 13.6 Å². The van der Waals surface area contributed by atoms with Gasteiger partial charge in [-0.1, -0.05) is 0 Å². The SMILES string of the molecule is O=C(Cc1ccc(Br)s1)c1cc(F)cc(F)c1. The van der Waals surface area contributed by atoms with Crippen molar-refractivity contribution in [3.8, 4) is 0 Å². The molecule has 0 aliphatic carbocycles. The van der Waals surface area contributed by atoms with Gasteiger partial charge >= 0.3 is 0 Å². The molecule has 0 bridgehead atoms. The van der Waals surface area contributed by atoms with Crippen molar-refractivity contribution in [1.29, 1.82) is 0 Å². The number of thiophene rings is 1. The normalized spacial score (nSPS) is 10.5. The Morgan fingerprint density at radius 1 is 1.18 bits per heavy atom. The Morgan fingerprint density at radius 2 is 1.82 bits per heavy atom. The summed E-state index contributed by atoms with van der Waals surface area (Å²) in [6.45, 7) is 0. The minimum Gasteiger partial charge on any atom is -0.294 e. The molecule has 1 heterocycles. The fourth-order valence-corrected chi connectivity index (χ4v) is 2.90. The van der Waals surface area contributed by atoms with Crippen LogP contribution in [-0.4, -0.2) is 5.78 Å². The predicted octanol–water partition coefficient (Wildman–Crippen LogP) is 4.21. The Kier molecular flexibility index (Phi) is 3.69. The second kappa shape index (κ2) is 5.06. The van der Waals surface area contributed by atoms with E-state index in [4.69, 9.17) is 0 Å². The summed E-state index contributed by atoms with van der Waals surface area (Å²) in [6, 6.07) is 6.49. The van der Waals surface area contributed by atoms with Gasteiger partial charge in [-0.15, -0.1) is 11.3 Å². The third kappa shape index (κ3) is 3.20. The molecule has 0 saturated heterocycles.